The molecule has 0 fully saturated rings. The van der Waals surface area contributed by atoms with E-state index in [-0.39, 0.29) is 5.92 Å². The van der Waals surface area contributed by atoms with E-state index in [9.17, 15) is 4.79 Å². The summed E-state index contributed by atoms with van der Waals surface area (Å²) < 4.78 is 0. The first-order valence-electron chi connectivity index (χ1n) is 5.08. The maximum Gasteiger partial charge on any atom is 0.187 e. The Balaban J connectivity index is 2.28. The first kappa shape index (κ1) is 10.4. The van der Waals surface area contributed by atoms with Crippen LogP contribution in [0.4, 0.5) is 5.13 Å². The minimum Gasteiger partial charge on any atom is -0.336 e. The predicted octanol–water partition coefficient (Wildman–Crippen LogP) is 2.71. The number of aldehydes is 1. The van der Waals surface area contributed by atoms with Gasteiger partial charge >= 0.3 is 0 Å². The Hall–Kier alpha value is -1.16. The van der Waals surface area contributed by atoms with Crippen LogP contribution in [0.2, 0.25) is 0 Å². The average molecular weight is 222 g/mol. The molecule has 1 N–H and O–H groups in total. The molecule has 1 unspecified atom stereocenters. The van der Waals surface area contributed by atoms with Gasteiger partial charge < -0.3 is 10.1 Å². The summed E-state index contributed by atoms with van der Waals surface area (Å²) in [6.07, 6.45) is 4.09. The molecule has 1 aliphatic rings. The van der Waals surface area contributed by atoms with Crippen LogP contribution in [0.15, 0.2) is 12.3 Å². The normalized spacial score (nSPS) is 19.4. The number of hydrogen-bond donors (Lipinski definition) is 1. The molecule has 0 radical (unpaired) electrons. The molecule has 1 atom stereocenters. The second-order valence-electron chi connectivity index (χ2n) is 3.87. The Labute approximate surface area is 93.2 Å². The van der Waals surface area contributed by atoms with Crippen molar-refractivity contribution in [2.75, 3.05) is 5.32 Å². The van der Waals surface area contributed by atoms with Crippen molar-refractivity contribution in [1.82, 2.24) is 4.98 Å². The van der Waals surface area contributed by atoms with Crippen LogP contribution in [0.5, 0.6) is 0 Å². The fraction of sp³-hybridized carbons (Fsp3) is 0.455. The molecule has 0 saturated carbocycles. The topological polar surface area (TPSA) is 42.0 Å². The standard InChI is InChI=1S/C11H14N2OS/c1-7(2)12-11-13-10-8(6-14)4-3-5-9(10)15-11/h6,8H,1,3-5H2,2H3,(H,12,13). The molecule has 15 heavy (non-hydrogen) atoms. The molecule has 0 aromatic carbocycles. The van der Waals surface area contributed by atoms with Gasteiger partial charge in [-0.2, -0.15) is 0 Å². The van der Waals surface area contributed by atoms with E-state index >= 15 is 0 Å². The van der Waals surface area contributed by atoms with Crippen LogP contribution in [0, 0.1) is 0 Å². The van der Waals surface area contributed by atoms with Crippen LogP contribution in [-0.4, -0.2) is 11.3 Å². The number of aryl methyl sites for hydroxylation is 1. The number of fused-ring (bicyclic) bond motifs is 1. The summed E-state index contributed by atoms with van der Waals surface area (Å²) in [4.78, 5) is 16.6. The summed E-state index contributed by atoms with van der Waals surface area (Å²) in [5.41, 5.74) is 1.86. The van der Waals surface area contributed by atoms with Crippen LogP contribution < -0.4 is 5.32 Å². The van der Waals surface area contributed by atoms with E-state index in [0.29, 0.717) is 0 Å². The lowest BCUT2D eigenvalue weighted by Gasteiger charge is -2.14. The van der Waals surface area contributed by atoms with Gasteiger partial charge in [0.1, 0.15) is 6.29 Å². The molecule has 1 heterocycles. The van der Waals surface area contributed by atoms with Gasteiger partial charge in [-0.25, -0.2) is 4.98 Å². The van der Waals surface area contributed by atoms with Crippen molar-refractivity contribution >= 4 is 22.8 Å². The minimum absolute atomic E-state index is 0.00525. The molecule has 80 valence electrons. The number of hydrogen-bond acceptors (Lipinski definition) is 4. The fourth-order valence-corrected chi connectivity index (χ4v) is 2.97. The average Bonchev–Trinajstić information content (AvgIpc) is 2.58. The van der Waals surface area contributed by atoms with E-state index in [4.69, 9.17) is 0 Å². The van der Waals surface area contributed by atoms with Crippen LogP contribution in [0.25, 0.3) is 0 Å². The van der Waals surface area contributed by atoms with Crippen LogP contribution in [0.3, 0.4) is 0 Å². The molecule has 1 aromatic rings. The molecular formula is C11H14N2OS. The zero-order chi connectivity index (χ0) is 10.8. The Bertz CT molecular complexity index is 397. The van der Waals surface area contributed by atoms with E-state index in [1.165, 1.54) is 4.88 Å². The zero-order valence-electron chi connectivity index (χ0n) is 8.75. The number of allylic oxidation sites excluding steroid dienone is 1. The smallest absolute Gasteiger partial charge is 0.187 e. The van der Waals surface area contributed by atoms with Gasteiger partial charge in [0.05, 0.1) is 11.6 Å². The predicted molar refractivity (Wildman–Crippen MR) is 62.3 cm³/mol. The number of thiazole rings is 1. The molecule has 0 aliphatic heterocycles. The number of rotatable bonds is 3. The monoisotopic (exact) mass is 222 g/mol. The molecule has 0 spiro atoms. The van der Waals surface area contributed by atoms with Crippen molar-refractivity contribution < 1.29 is 4.79 Å². The van der Waals surface area contributed by atoms with E-state index in [0.717, 1.165) is 42.1 Å². The van der Waals surface area contributed by atoms with Crippen molar-refractivity contribution in [2.24, 2.45) is 0 Å². The van der Waals surface area contributed by atoms with Gasteiger partial charge in [0, 0.05) is 10.6 Å². The van der Waals surface area contributed by atoms with Crippen molar-refractivity contribution in [3.05, 3.63) is 22.8 Å². The second kappa shape index (κ2) is 4.14. The molecule has 2 rings (SSSR count). The first-order valence-corrected chi connectivity index (χ1v) is 5.90. The second-order valence-corrected chi connectivity index (χ2v) is 4.95. The van der Waals surface area contributed by atoms with Gasteiger partial charge in [0.25, 0.3) is 0 Å². The number of anilines is 1. The summed E-state index contributed by atoms with van der Waals surface area (Å²) in [6.45, 7) is 5.68. The lowest BCUT2D eigenvalue weighted by atomic mass is 9.92. The van der Waals surface area contributed by atoms with Crippen molar-refractivity contribution in [2.45, 2.75) is 32.1 Å². The van der Waals surface area contributed by atoms with Crippen molar-refractivity contribution in [1.29, 1.82) is 0 Å². The summed E-state index contributed by atoms with van der Waals surface area (Å²) >= 11 is 1.64. The molecule has 0 saturated heterocycles. The highest BCUT2D eigenvalue weighted by Crippen LogP contribution is 2.35. The van der Waals surface area contributed by atoms with E-state index in [1.54, 1.807) is 11.3 Å². The number of aromatic nitrogens is 1. The highest BCUT2D eigenvalue weighted by Gasteiger charge is 2.24. The number of carbonyl (C=O) groups excluding carboxylic acids is 1. The minimum atomic E-state index is 0.00525. The summed E-state index contributed by atoms with van der Waals surface area (Å²) in [5, 5.41) is 3.97. The van der Waals surface area contributed by atoms with Gasteiger partial charge in [-0.3, -0.25) is 0 Å². The van der Waals surface area contributed by atoms with Crippen molar-refractivity contribution in [3.63, 3.8) is 0 Å². The maximum absolute atomic E-state index is 10.9. The molecule has 3 nitrogen and oxygen atoms in total. The Kier molecular flexibility index (Phi) is 2.86. The number of nitrogens with one attached hydrogen (secondary N) is 1. The SMILES string of the molecule is C=C(C)Nc1nc2c(s1)CCCC2C=O. The van der Waals surface area contributed by atoms with Gasteiger partial charge in [-0.05, 0) is 26.2 Å². The van der Waals surface area contributed by atoms with Gasteiger partial charge in [-0.1, -0.05) is 6.58 Å². The van der Waals surface area contributed by atoms with Gasteiger partial charge in [0.2, 0.25) is 0 Å². The lowest BCUT2D eigenvalue weighted by Crippen LogP contribution is -2.09. The Morgan fingerprint density at radius 1 is 1.73 bits per heavy atom. The van der Waals surface area contributed by atoms with E-state index in [1.807, 2.05) is 6.92 Å². The molecule has 0 amide bonds. The first-order chi connectivity index (χ1) is 7.20. The summed E-state index contributed by atoms with van der Waals surface area (Å²) in [5.74, 6) is 0.00525. The molecule has 1 aliphatic carbocycles. The van der Waals surface area contributed by atoms with Crippen LogP contribution in [-0.2, 0) is 11.2 Å². The molecular weight excluding hydrogens is 208 g/mol. The maximum atomic E-state index is 10.9. The molecule has 0 bridgehead atoms. The fourth-order valence-electron chi connectivity index (χ4n) is 1.82. The van der Waals surface area contributed by atoms with Crippen LogP contribution >= 0.6 is 11.3 Å². The number of carbonyl (C=O) groups is 1. The van der Waals surface area contributed by atoms with Crippen LogP contribution in [0.1, 0.15) is 36.3 Å². The van der Waals surface area contributed by atoms with E-state index in [2.05, 4.69) is 16.9 Å². The highest BCUT2D eigenvalue weighted by atomic mass is 32.1. The van der Waals surface area contributed by atoms with E-state index < -0.39 is 0 Å². The third kappa shape index (κ3) is 2.09. The lowest BCUT2D eigenvalue weighted by molar-refractivity contribution is -0.109. The molecule has 1 aromatic heterocycles. The third-order valence-electron chi connectivity index (χ3n) is 2.48. The van der Waals surface area contributed by atoms with Gasteiger partial charge in [-0.15, -0.1) is 11.3 Å². The largest absolute Gasteiger partial charge is 0.336 e. The number of nitrogens with zero attached hydrogens (tertiary/aromatic N) is 1. The van der Waals surface area contributed by atoms with Gasteiger partial charge in [0.15, 0.2) is 5.13 Å². The molecule has 4 heteroatoms. The quantitative estimate of drug-likeness (QED) is 0.799. The van der Waals surface area contributed by atoms with Crippen molar-refractivity contribution in [3.8, 4) is 0 Å². The Morgan fingerprint density at radius 2 is 2.53 bits per heavy atom. The third-order valence-corrected chi connectivity index (χ3v) is 3.53. The zero-order valence-corrected chi connectivity index (χ0v) is 9.56. The summed E-state index contributed by atoms with van der Waals surface area (Å²) in [7, 11) is 0. The highest BCUT2D eigenvalue weighted by molar-refractivity contribution is 7.15. The summed E-state index contributed by atoms with van der Waals surface area (Å²) in [6, 6.07) is 0. The Morgan fingerprint density at radius 3 is 3.20 bits per heavy atom.